The zero-order valence-electron chi connectivity index (χ0n) is 11.7. The molecule has 1 aromatic carbocycles. The van der Waals surface area contributed by atoms with Gasteiger partial charge in [0.05, 0.1) is 12.2 Å². The second-order valence-corrected chi connectivity index (χ2v) is 4.85. The topological polar surface area (TPSA) is 44.5 Å². The molecule has 0 fully saturated rings. The van der Waals surface area contributed by atoms with Crippen molar-refractivity contribution in [2.45, 2.75) is 26.6 Å². The molecular weight excluding hydrogens is 271 g/mol. The molecule has 0 amide bonds. The summed E-state index contributed by atoms with van der Waals surface area (Å²) in [4.78, 5) is 0. The number of benzene rings is 1. The first kappa shape index (κ1) is 16.8. The summed E-state index contributed by atoms with van der Waals surface area (Å²) in [6.45, 7) is 4.94. The van der Waals surface area contributed by atoms with Crippen LogP contribution in [0.5, 0.6) is 5.75 Å². The molecule has 0 aliphatic rings. The minimum atomic E-state index is -4.46. The largest absolute Gasteiger partial charge is 0.491 e. The Labute approximate surface area is 116 Å². The van der Waals surface area contributed by atoms with Crippen molar-refractivity contribution < 1.29 is 22.6 Å². The minimum Gasteiger partial charge on any atom is -0.491 e. The maximum absolute atomic E-state index is 12.9. The van der Waals surface area contributed by atoms with Crippen LogP contribution in [-0.2, 0) is 17.5 Å². The van der Waals surface area contributed by atoms with E-state index in [9.17, 15) is 13.2 Å². The van der Waals surface area contributed by atoms with Crippen molar-refractivity contribution in [1.29, 1.82) is 0 Å². The molecular formula is C14H20F3NO2. The molecule has 0 unspecified atom stereocenters. The molecule has 0 saturated heterocycles. The fourth-order valence-corrected chi connectivity index (χ4v) is 1.58. The van der Waals surface area contributed by atoms with Crippen LogP contribution < -0.4 is 10.5 Å². The first-order valence-corrected chi connectivity index (χ1v) is 6.45. The number of ether oxygens (including phenoxy) is 2. The number of hydrogen-bond acceptors (Lipinski definition) is 3. The van der Waals surface area contributed by atoms with Gasteiger partial charge < -0.3 is 15.2 Å². The molecule has 0 heterocycles. The fraction of sp³-hybridized carbons (Fsp3) is 0.571. The van der Waals surface area contributed by atoms with Gasteiger partial charge in [-0.3, -0.25) is 0 Å². The Balaban J connectivity index is 2.65. The summed E-state index contributed by atoms with van der Waals surface area (Å²) < 4.78 is 49.1. The van der Waals surface area contributed by atoms with Crippen LogP contribution in [0.25, 0.3) is 0 Å². The van der Waals surface area contributed by atoms with Crippen LogP contribution in [0, 0.1) is 5.92 Å². The number of halogens is 3. The highest BCUT2D eigenvalue weighted by Gasteiger charge is 2.34. The third-order valence-electron chi connectivity index (χ3n) is 2.52. The number of alkyl halides is 3. The lowest BCUT2D eigenvalue weighted by atomic mass is 10.1. The zero-order chi connectivity index (χ0) is 15.2. The molecule has 3 nitrogen and oxygen atoms in total. The van der Waals surface area contributed by atoms with Crippen LogP contribution in [0.2, 0.25) is 0 Å². The van der Waals surface area contributed by atoms with E-state index < -0.39 is 11.7 Å². The second kappa shape index (κ2) is 7.50. The summed E-state index contributed by atoms with van der Waals surface area (Å²) >= 11 is 0. The van der Waals surface area contributed by atoms with Crippen LogP contribution in [0.4, 0.5) is 13.2 Å². The molecule has 6 heteroatoms. The van der Waals surface area contributed by atoms with E-state index >= 15 is 0 Å². The Hall–Kier alpha value is -1.27. The van der Waals surface area contributed by atoms with E-state index in [2.05, 4.69) is 0 Å². The van der Waals surface area contributed by atoms with Crippen molar-refractivity contribution in [1.82, 2.24) is 0 Å². The summed E-state index contributed by atoms with van der Waals surface area (Å²) in [5.41, 5.74) is 4.97. The standard InChI is InChI=1S/C14H20F3NO2/c1-10(2)9-19-5-6-20-13-4-3-11(8-18)7-12(13)14(15,16)17/h3-4,7,10H,5-6,8-9,18H2,1-2H3. The van der Waals surface area contributed by atoms with E-state index in [1.54, 1.807) is 0 Å². The summed E-state index contributed by atoms with van der Waals surface area (Å²) in [6.07, 6.45) is -4.46. The molecule has 20 heavy (non-hydrogen) atoms. The molecule has 1 rings (SSSR count). The minimum absolute atomic E-state index is 0.0564. The molecule has 0 spiro atoms. The highest BCUT2D eigenvalue weighted by Crippen LogP contribution is 2.36. The summed E-state index contributed by atoms with van der Waals surface area (Å²) in [5.74, 6) is 0.187. The van der Waals surface area contributed by atoms with E-state index in [-0.39, 0.29) is 25.5 Å². The van der Waals surface area contributed by atoms with Crippen LogP contribution in [0.15, 0.2) is 18.2 Å². The van der Waals surface area contributed by atoms with Gasteiger partial charge in [0.2, 0.25) is 0 Å². The molecule has 0 aromatic heterocycles. The van der Waals surface area contributed by atoms with Gasteiger partial charge >= 0.3 is 6.18 Å². The Morgan fingerprint density at radius 3 is 2.45 bits per heavy atom. The Morgan fingerprint density at radius 1 is 1.20 bits per heavy atom. The molecule has 0 aliphatic carbocycles. The maximum Gasteiger partial charge on any atom is 0.419 e. The van der Waals surface area contributed by atoms with Crippen LogP contribution in [-0.4, -0.2) is 19.8 Å². The molecule has 0 radical (unpaired) electrons. The van der Waals surface area contributed by atoms with E-state index in [1.165, 1.54) is 12.1 Å². The number of rotatable bonds is 7. The average Bonchev–Trinajstić information content (AvgIpc) is 2.37. The second-order valence-electron chi connectivity index (χ2n) is 4.85. The maximum atomic E-state index is 12.9. The van der Waals surface area contributed by atoms with Crippen molar-refractivity contribution in [3.8, 4) is 5.75 Å². The van der Waals surface area contributed by atoms with Gasteiger partial charge in [-0.1, -0.05) is 19.9 Å². The van der Waals surface area contributed by atoms with Crippen molar-refractivity contribution in [3.05, 3.63) is 29.3 Å². The van der Waals surface area contributed by atoms with Crippen molar-refractivity contribution in [3.63, 3.8) is 0 Å². The van der Waals surface area contributed by atoms with Crippen molar-refractivity contribution in [2.75, 3.05) is 19.8 Å². The fourth-order valence-electron chi connectivity index (χ4n) is 1.58. The molecule has 0 aliphatic heterocycles. The quantitative estimate of drug-likeness (QED) is 0.785. The molecule has 2 N–H and O–H groups in total. The SMILES string of the molecule is CC(C)COCCOc1ccc(CN)cc1C(F)(F)F. The normalized spacial score (nSPS) is 11.9. The first-order valence-electron chi connectivity index (χ1n) is 6.45. The van der Waals surface area contributed by atoms with Gasteiger partial charge in [-0.2, -0.15) is 13.2 Å². The van der Waals surface area contributed by atoms with E-state index in [0.29, 0.717) is 18.1 Å². The van der Waals surface area contributed by atoms with Gasteiger partial charge in [-0.15, -0.1) is 0 Å². The van der Waals surface area contributed by atoms with E-state index in [4.69, 9.17) is 15.2 Å². The highest BCUT2D eigenvalue weighted by atomic mass is 19.4. The number of nitrogens with two attached hydrogens (primary N) is 1. The van der Waals surface area contributed by atoms with Gasteiger partial charge in [0.1, 0.15) is 12.4 Å². The Kier molecular flexibility index (Phi) is 6.29. The highest BCUT2D eigenvalue weighted by molar-refractivity contribution is 5.39. The third-order valence-corrected chi connectivity index (χ3v) is 2.52. The Bertz CT molecular complexity index is 419. The average molecular weight is 291 g/mol. The van der Waals surface area contributed by atoms with Crippen molar-refractivity contribution >= 4 is 0 Å². The Morgan fingerprint density at radius 2 is 1.90 bits per heavy atom. The van der Waals surface area contributed by atoms with Gasteiger partial charge in [-0.05, 0) is 23.6 Å². The number of hydrogen-bond donors (Lipinski definition) is 1. The molecule has 1 aromatic rings. The monoisotopic (exact) mass is 291 g/mol. The summed E-state index contributed by atoms with van der Waals surface area (Å²) in [6, 6.07) is 3.84. The molecule has 0 saturated carbocycles. The van der Waals surface area contributed by atoms with Gasteiger partial charge in [0.15, 0.2) is 0 Å². The predicted octanol–water partition coefficient (Wildman–Crippen LogP) is 3.22. The zero-order valence-corrected chi connectivity index (χ0v) is 11.7. The smallest absolute Gasteiger partial charge is 0.419 e. The third kappa shape index (κ3) is 5.38. The van der Waals surface area contributed by atoms with Crippen LogP contribution in [0.3, 0.4) is 0 Å². The van der Waals surface area contributed by atoms with Crippen molar-refractivity contribution in [2.24, 2.45) is 11.7 Å². The summed E-state index contributed by atoms with van der Waals surface area (Å²) in [7, 11) is 0. The van der Waals surface area contributed by atoms with E-state index in [0.717, 1.165) is 6.07 Å². The molecule has 0 atom stereocenters. The van der Waals surface area contributed by atoms with Gasteiger partial charge in [0, 0.05) is 13.2 Å². The van der Waals surface area contributed by atoms with Gasteiger partial charge in [-0.25, -0.2) is 0 Å². The summed E-state index contributed by atoms with van der Waals surface area (Å²) in [5, 5.41) is 0. The lowest BCUT2D eigenvalue weighted by Crippen LogP contribution is -2.14. The van der Waals surface area contributed by atoms with Crippen LogP contribution >= 0.6 is 0 Å². The first-order chi connectivity index (χ1) is 9.34. The van der Waals surface area contributed by atoms with Crippen LogP contribution in [0.1, 0.15) is 25.0 Å². The predicted molar refractivity (Wildman–Crippen MR) is 70.5 cm³/mol. The molecule has 0 bridgehead atoms. The van der Waals surface area contributed by atoms with E-state index in [1.807, 2.05) is 13.8 Å². The van der Waals surface area contributed by atoms with Gasteiger partial charge in [0.25, 0.3) is 0 Å². The lowest BCUT2D eigenvalue weighted by molar-refractivity contribution is -0.139. The lowest BCUT2D eigenvalue weighted by Gasteiger charge is -2.15. The molecule has 114 valence electrons.